The van der Waals surface area contributed by atoms with E-state index in [2.05, 4.69) is 20.4 Å². The Bertz CT molecular complexity index is 799. The van der Waals surface area contributed by atoms with Gasteiger partial charge in [-0.25, -0.2) is 4.98 Å². The summed E-state index contributed by atoms with van der Waals surface area (Å²) in [5.74, 6) is -0.0215. The van der Waals surface area contributed by atoms with Crippen LogP contribution in [0, 0.1) is 0 Å². The zero-order chi connectivity index (χ0) is 15.6. The summed E-state index contributed by atoms with van der Waals surface area (Å²) in [7, 11) is 0. The summed E-state index contributed by atoms with van der Waals surface area (Å²) in [6.07, 6.45) is 11.3. The lowest BCUT2D eigenvalue weighted by Crippen LogP contribution is -2.38. The van der Waals surface area contributed by atoms with Gasteiger partial charge in [0.2, 0.25) is 0 Å². The van der Waals surface area contributed by atoms with Crippen LogP contribution in [0.1, 0.15) is 42.1 Å². The molecule has 3 heterocycles. The van der Waals surface area contributed by atoms with Crippen LogP contribution in [0.15, 0.2) is 43.0 Å². The second-order valence-electron chi connectivity index (χ2n) is 6.07. The summed E-state index contributed by atoms with van der Waals surface area (Å²) in [5, 5.41) is 8.35. The van der Waals surface area contributed by atoms with Crippen molar-refractivity contribution in [1.82, 2.24) is 25.1 Å². The van der Waals surface area contributed by atoms with Crippen molar-refractivity contribution in [3.05, 3.63) is 48.5 Å². The minimum absolute atomic E-state index is 0.0215. The van der Waals surface area contributed by atoms with Gasteiger partial charge in [-0.2, -0.15) is 5.10 Å². The summed E-state index contributed by atoms with van der Waals surface area (Å²) in [6.45, 7) is 0. The maximum absolute atomic E-state index is 12.5. The van der Waals surface area contributed by atoms with E-state index in [1.165, 1.54) is 0 Å². The fraction of sp³-hybridized carbons (Fsp3) is 0.353. The molecule has 0 bridgehead atoms. The third kappa shape index (κ3) is 2.72. The van der Waals surface area contributed by atoms with Crippen LogP contribution >= 0.6 is 0 Å². The topological polar surface area (TPSA) is 75.6 Å². The predicted octanol–water partition coefficient (Wildman–Crippen LogP) is 2.67. The van der Waals surface area contributed by atoms with Crippen LogP contribution in [0.3, 0.4) is 0 Å². The zero-order valence-electron chi connectivity index (χ0n) is 12.8. The minimum atomic E-state index is -0.0215. The van der Waals surface area contributed by atoms with Gasteiger partial charge < -0.3 is 10.3 Å². The van der Waals surface area contributed by atoms with Crippen LogP contribution in [-0.4, -0.2) is 31.7 Å². The number of aromatic amines is 1. The standard InChI is InChI=1S/C17H19N5O/c23-17(15-11-19-16-14(15)3-1-8-18-16)21-12-4-6-13(7-5-12)22-10-2-9-20-22/h1-3,8-13H,4-7H2,(H,18,19)(H,21,23). The number of carbonyl (C=O) groups excluding carboxylic acids is 1. The molecule has 1 amide bonds. The highest BCUT2D eigenvalue weighted by atomic mass is 16.1. The van der Waals surface area contributed by atoms with Crippen LogP contribution in [0.2, 0.25) is 0 Å². The lowest BCUT2D eigenvalue weighted by atomic mass is 9.91. The first-order valence-corrected chi connectivity index (χ1v) is 8.03. The number of pyridine rings is 1. The highest BCUT2D eigenvalue weighted by Crippen LogP contribution is 2.28. The van der Waals surface area contributed by atoms with E-state index in [1.54, 1.807) is 12.4 Å². The Morgan fingerprint density at radius 3 is 2.87 bits per heavy atom. The molecule has 1 fully saturated rings. The molecule has 6 heteroatoms. The van der Waals surface area contributed by atoms with Gasteiger partial charge in [-0.15, -0.1) is 0 Å². The third-order valence-electron chi connectivity index (χ3n) is 4.63. The maximum atomic E-state index is 12.5. The van der Waals surface area contributed by atoms with Gasteiger partial charge in [0.25, 0.3) is 5.91 Å². The van der Waals surface area contributed by atoms with E-state index in [4.69, 9.17) is 0 Å². The number of aromatic nitrogens is 4. The molecular weight excluding hydrogens is 290 g/mol. The smallest absolute Gasteiger partial charge is 0.253 e. The van der Waals surface area contributed by atoms with Crippen LogP contribution in [0.5, 0.6) is 0 Å². The predicted molar refractivity (Wildman–Crippen MR) is 87.1 cm³/mol. The number of rotatable bonds is 3. The summed E-state index contributed by atoms with van der Waals surface area (Å²) in [5.41, 5.74) is 1.42. The van der Waals surface area contributed by atoms with Gasteiger partial charge >= 0.3 is 0 Å². The van der Waals surface area contributed by atoms with Crippen molar-refractivity contribution >= 4 is 16.9 Å². The number of amides is 1. The van der Waals surface area contributed by atoms with Crippen LogP contribution in [-0.2, 0) is 0 Å². The number of hydrogen-bond donors (Lipinski definition) is 2. The number of H-pyrrole nitrogens is 1. The fourth-order valence-corrected chi connectivity index (χ4v) is 3.39. The Hall–Kier alpha value is -2.63. The zero-order valence-corrected chi connectivity index (χ0v) is 12.8. The molecule has 0 aromatic carbocycles. The van der Waals surface area contributed by atoms with Crippen LogP contribution in [0.25, 0.3) is 11.0 Å². The SMILES string of the molecule is O=C(NC1CCC(n2cccn2)CC1)c1c[nH]c2ncccc12. The molecule has 3 aromatic heterocycles. The molecule has 4 rings (SSSR count). The molecule has 0 spiro atoms. The van der Waals surface area contributed by atoms with Crippen molar-refractivity contribution in [2.45, 2.75) is 37.8 Å². The lowest BCUT2D eigenvalue weighted by molar-refractivity contribution is 0.0923. The molecule has 0 radical (unpaired) electrons. The molecule has 6 nitrogen and oxygen atoms in total. The van der Waals surface area contributed by atoms with Gasteiger partial charge in [0.1, 0.15) is 5.65 Å². The summed E-state index contributed by atoms with van der Waals surface area (Å²) >= 11 is 0. The Morgan fingerprint density at radius 2 is 2.09 bits per heavy atom. The Morgan fingerprint density at radius 1 is 1.22 bits per heavy atom. The van der Waals surface area contributed by atoms with Gasteiger partial charge in [0.05, 0.1) is 11.6 Å². The van der Waals surface area contributed by atoms with Crippen molar-refractivity contribution in [1.29, 1.82) is 0 Å². The summed E-state index contributed by atoms with van der Waals surface area (Å²) < 4.78 is 2.03. The van der Waals surface area contributed by atoms with E-state index in [1.807, 2.05) is 35.3 Å². The van der Waals surface area contributed by atoms with Crippen molar-refractivity contribution < 1.29 is 4.79 Å². The monoisotopic (exact) mass is 309 g/mol. The highest BCUT2D eigenvalue weighted by molar-refractivity contribution is 6.05. The Kier molecular flexibility index (Phi) is 3.57. The number of fused-ring (bicyclic) bond motifs is 1. The molecule has 0 aliphatic heterocycles. The third-order valence-corrected chi connectivity index (χ3v) is 4.63. The molecule has 1 aliphatic rings. The maximum Gasteiger partial charge on any atom is 0.253 e. The van der Waals surface area contributed by atoms with Crippen LogP contribution < -0.4 is 5.32 Å². The normalized spacial score (nSPS) is 21.4. The number of carbonyl (C=O) groups is 1. The summed E-state index contributed by atoms with van der Waals surface area (Å²) in [6, 6.07) is 6.41. The van der Waals surface area contributed by atoms with Gasteiger partial charge in [0, 0.05) is 36.2 Å². The average Bonchev–Trinajstić information content (AvgIpc) is 3.25. The second kappa shape index (κ2) is 5.87. The molecule has 0 atom stereocenters. The van der Waals surface area contributed by atoms with Crippen molar-refractivity contribution in [3.63, 3.8) is 0 Å². The van der Waals surface area contributed by atoms with Crippen molar-refractivity contribution in [3.8, 4) is 0 Å². The molecule has 3 aromatic rings. The molecule has 118 valence electrons. The number of nitrogens with one attached hydrogen (secondary N) is 2. The first-order valence-electron chi connectivity index (χ1n) is 8.03. The Balaban J connectivity index is 1.40. The van der Waals surface area contributed by atoms with E-state index in [0.29, 0.717) is 11.6 Å². The van der Waals surface area contributed by atoms with E-state index in [-0.39, 0.29) is 11.9 Å². The van der Waals surface area contributed by atoms with Gasteiger partial charge in [0.15, 0.2) is 0 Å². The number of hydrogen-bond acceptors (Lipinski definition) is 3. The molecule has 1 saturated carbocycles. The summed E-state index contributed by atoms with van der Waals surface area (Å²) in [4.78, 5) is 19.8. The molecule has 0 saturated heterocycles. The van der Waals surface area contributed by atoms with E-state index in [9.17, 15) is 4.79 Å². The van der Waals surface area contributed by atoms with Crippen LogP contribution in [0.4, 0.5) is 0 Å². The lowest BCUT2D eigenvalue weighted by Gasteiger charge is -2.29. The highest BCUT2D eigenvalue weighted by Gasteiger charge is 2.24. The van der Waals surface area contributed by atoms with E-state index in [0.717, 1.165) is 36.7 Å². The van der Waals surface area contributed by atoms with E-state index < -0.39 is 0 Å². The van der Waals surface area contributed by atoms with Crippen molar-refractivity contribution in [2.24, 2.45) is 0 Å². The molecule has 23 heavy (non-hydrogen) atoms. The van der Waals surface area contributed by atoms with E-state index >= 15 is 0 Å². The first kappa shape index (κ1) is 14.0. The largest absolute Gasteiger partial charge is 0.349 e. The molecule has 0 unspecified atom stereocenters. The van der Waals surface area contributed by atoms with Gasteiger partial charge in [-0.05, 0) is 43.9 Å². The second-order valence-corrected chi connectivity index (χ2v) is 6.07. The molecular formula is C17H19N5O. The van der Waals surface area contributed by atoms with Gasteiger partial charge in [-0.1, -0.05) is 0 Å². The fourth-order valence-electron chi connectivity index (χ4n) is 3.39. The number of nitrogens with zero attached hydrogens (tertiary/aromatic N) is 3. The Labute approximate surface area is 133 Å². The molecule has 2 N–H and O–H groups in total. The average molecular weight is 309 g/mol. The minimum Gasteiger partial charge on any atom is -0.349 e. The van der Waals surface area contributed by atoms with Gasteiger partial charge in [-0.3, -0.25) is 9.48 Å². The quantitative estimate of drug-likeness (QED) is 0.781. The van der Waals surface area contributed by atoms with Crippen molar-refractivity contribution in [2.75, 3.05) is 0 Å². The first-order chi connectivity index (χ1) is 11.3. The molecule has 1 aliphatic carbocycles.